The monoisotopic (exact) mass is 189 g/mol. The van der Waals surface area contributed by atoms with Crippen molar-refractivity contribution in [3.05, 3.63) is 35.9 Å². The highest BCUT2D eigenvalue weighted by molar-refractivity contribution is 5.55. The lowest BCUT2D eigenvalue weighted by Gasteiger charge is -2.12. The fraction of sp³-hybridized carbons (Fsp3) is 0.417. The standard InChI is InChI=1S/C12H15NO/c14-9-12-8-13-7-11(12)6-10-4-2-1-3-5-10/h1-5,9,11-13H,6-8H2/t11-,12+/m1/s1. The maximum atomic E-state index is 10.8. The number of rotatable bonds is 3. The molecule has 0 spiro atoms. The summed E-state index contributed by atoms with van der Waals surface area (Å²) in [6.07, 6.45) is 2.10. The van der Waals surface area contributed by atoms with Gasteiger partial charge in [0, 0.05) is 12.5 Å². The van der Waals surface area contributed by atoms with Crippen molar-refractivity contribution in [3.63, 3.8) is 0 Å². The van der Waals surface area contributed by atoms with E-state index in [9.17, 15) is 4.79 Å². The van der Waals surface area contributed by atoms with E-state index in [0.717, 1.165) is 25.8 Å². The second-order valence-corrected chi connectivity index (χ2v) is 3.91. The van der Waals surface area contributed by atoms with E-state index in [2.05, 4.69) is 17.4 Å². The summed E-state index contributed by atoms with van der Waals surface area (Å²) in [5, 5.41) is 3.26. The Morgan fingerprint density at radius 1 is 1.29 bits per heavy atom. The Balaban J connectivity index is 2.00. The Morgan fingerprint density at radius 3 is 2.79 bits per heavy atom. The molecule has 1 aliphatic rings. The summed E-state index contributed by atoms with van der Waals surface area (Å²) in [4.78, 5) is 10.8. The highest BCUT2D eigenvalue weighted by Crippen LogP contribution is 2.19. The number of hydrogen-bond donors (Lipinski definition) is 1. The molecular formula is C12H15NO. The van der Waals surface area contributed by atoms with Gasteiger partial charge in [0.25, 0.3) is 0 Å². The molecule has 0 aromatic heterocycles. The Hall–Kier alpha value is -1.15. The number of carbonyl (C=O) groups excluding carboxylic acids is 1. The first-order valence-corrected chi connectivity index (χ1v) is 5.10. The molecule has 0 radical (unpaired) electrons. The second kappa shape index (κ2) is 4.38. The van der Waals surface area contributed by atoms with Gasteiger partial charge in [-0.2, -0.15) is 0 Å². The number of carbonyl (C=O) groups is 1. The van der Waals surface area contributed by atoms with Crippen LogP contribution in [0.5, 0.6) is 0 Å². The van der Waals surface area contributed by atoms with Crippen molar-refractivity contribution in [2.45, 2.75) is 6.42 Å². The van der Waals surface area contributed by atoms with E-state index in [-0.39, 0.29) is 5.92 Å². The third-order valence-electron chi connectivity index (χ3n) is 2.91. The van der Waals surface area contributed by atoms with Crippen LogP contribution in [0.4, 0.5) is 0 Å². The summed E-state index contributed by atoms with van der Waals surface area (Å²) >= 11 is 0. The van der Waals surface area contributed by atoms with Crippen LogP contribution in [0.2, 0.25) is 0 Å². The summed E-state index contributed by atoms with van der Waals surface area (Å²) in [7, 11) is 0. The van der Waals surface area contributed by atoms with Crippen LogP contribution in [0.15, 0.2) is 30.3 Å². The zero-order valence-electron chi connectivity index (χ0n) is 8.15. The summed E-state index contributed by atoms with van der Waals surface area (Å²) in [5.41, 5.74) is 1.33. The molecule has 1 saturated heterocycles. The molecule has 2 heteroatoms. The van der Waals surface area contributed by atoms with Crippen molar-refractivity contribution in [1.29, 1.82) is 0 Å². The van der Waals surface area contributed by atoms with Crippen molar-refractivity contribution >= 4 is 6.29 Å². The van der Waals surface area contributed by atoms with Gasteiger partial charge in [-0.05, 0) is 24.4 Å². The summed E-state index contributed by atoms with van der Waals surface area (Å²) in [6, 6.07) is 10.4. The molecular weight excluding hydrogens is 174 g/mol. The first-order valence-electron chi connectivity index (χ1n) is 5.10. The molecule has 1 N–H and O–H groups in total. The lowest BCUT2D eigenvalue weighted by Crippen LogP contribution is -2.16. The predicted octanol–water partition coefficient (Wildman–Crippen LogP) is 1.26. The lowest BCUT2D eigenvalue weighted by molar-refractivity contribution is -0.111. The van der Waals surface area contributed by atoms with Gasteiger partial charge in [0.1, 0.15) is 6.29 Å². The van der Waals surface area contributed by atoms with E-state index >= 15 is 0 Å². The Bertz CT molecular complexity index is 296. The fourth-order valence-electron chi connectivity index (χ4n) is 2.05. The van der Waals surface area contributed by atoms with Gasteiger partial charge in [-0.1, -0.05) is 30.3 Å². The molecule has 1 aliphatic heterocycles. The van der Waals surface area contributed by atoms with Crippen LogP contribution < -0.4 is 5.32 Å². The Kier molecular flexibility index (Phi) is 2.94. The van der Waals surface area contributed by atoms with E-state index in [1.54, 1.807) is 0 Å². The number of benzene rings is 1. The van der Waals surface area contributed by atoms with Crippen LogP contribution in [0.1, 0.15) is 5.56 Å². The van der Waals surface area contributed by atoms with Crippen LogP contribution in [-0.2, 0) is 11.2 Å². The molecule has 14 heavy (non-hydrogen) atoms. The molecule has 2 nitrogen and oxygen atoms in total. The van der Waals surface area contributed by atoms with Crippen LogP contribution >= 0.6 is 0 Å². The molecule has 2 rings (SSSR count). The first-order chi connectivity index (χ1) is 6.90. The van der Waals surface area contributed by atoms with Gasteiger partial charge in [-0.25, -0.2) is 0 Å². The molecule has 0 bridgehead atoms. The van der Waals surface area contributed by atoms with Crippen molar-refractivity contribution in [1.82, 2.24) is 5.32 Å². The molecule has 1 aromatic rings. The maximum Gasteiger partial charge on any atom is 0.124 e. The molecule has 1 fully saturated rings. The van der Waals surface area contributed by atoms with Crippen LogP contribution in [0, 0.1) is 11.8 Å². The van der Waals surface area contributed by atoms with Crippen molar-refractivity contribution in [3.8, 4) is 0 Å². The largest absolute Gasteiger partial charge is 0.316 e. The third-order valence-corrected chi connectivity index (χ3v) is 2.91. The van der Waals surface area contributed by atoms with Gasteiger partial charge >= 0.3 is 0 Å². The second-order valence-electron chi connectivity index (χ2n) is 3.91. The molecule has 0 unspecified atom stereocenters. The quantitative estimate of drug-likeness (QED) is 0.725. The van der Waals surface area contributed by atoms with Gasteiger partial charge < -0.3 is 10.1 Å². The summed E-state index contributed by atoms with van der Waals surface area (Å²) in [5.74, 6) is 0.685. The normalized spacial score (nSPS) is 26.3. The smallest absolute Gasteiger partial charge is 0.124 e. The molecule has 2 atom stereocenters. The topological polar surface area (TPSA) is 29.1 Å². The van der Waals surface area contributed by atoms with Crippen molar-refractivity contribution in [2.24, 2.45) is 11.8 Å². The summed E-state index contributed by atoms with van der Waals surface area (Å²) in [6.45, 7) is 1.82. The van der Waals surface area contributed by atoms with Crippen LogP contribution in [0.3, 0.4) is 0 Å². The Morgan fingerprint density at radius 2 is 2.07 bits per heavy atom. The minimum absolute atomic E-state index is 0.204. The molecule has 0 saturated carbocycles. The molecule has 0 amide bonds. The molecule has 1 heterocycles. The zero-order valence-corrected chi connectivity index (χ0v) is 8.15. The van der Waals surface area contributed by atoms with E-state index in [1.165, 1.54) is 5.56 Å². The minimum Gasteiger partial charge on any atom is -0.316 e. The lowest BCUT2D eigenvalue weighted by atomic mass is 9.91. The zero-order chi connectivity index (χ0) is 9.80. The summed E-state index contributed by atoms with van der Waals surface area (Å²) < 4.78 is 0. The van der Waals surface area contributed by atoms with Crippen LogP contribution in [0.25, 0.3) is 0 Å². The maximum absolute atomic E-state index is 10.8. The first kappa shape index (κ1) is 9.41. The highest BCUT2D eigenvalue weighted by atomic mass is 16.1. The molecule has 74 valence electrons. The van der Waals surface area contributed by atoms with E-state index in [0.29, 0.717) is 5.92 Å². The van der Waals surface area contributed by atoms with E-state index in [4.69, 9.17) is 0 Å². The predicted molar refractivity (Wildman–Crippen MR) is 56.1 cm³/mol. The average molecular weight is 189 g/mol. The van der Waals surface area contributed by atoms with Gasteiger partial charge in [0.2, 0.25) is 0 Å². The van der Waals surface area contributed by atoms with Crippen molar-refractivity contribution < 1.29 is 4.79 Å². The average Bonchev–Trinajstić information content (AvgIpc) is 2.67. The number of aldehydes is 1. The SMILES string of the molecule is O=C[C@@H]1CNC[C@H]1Cc1ccccc1. The van der Waals surface area contributed by atoms with Crippen molar-refractivity contribution in [2.75, 3.05) is 13.1 Å². The van der Waals surface area contributed by atoms with Crippen LogP contribution in [-0.4, -0.2) is 19.4 Å². The van der Waals surface area contributed by atoms with E-state index < -0.39 is 0 Å². The van der Waals surface area contributed by atoms with Gasteiger partial charge in [0.15, 0.2) is 0 Å². The van der Waals surface area contributed by atoms with Gasteiger partial charge in [0.05, 0.1) is 0 Å². The number of nitrogens with one attached hydrogen (secondary N) is 1. The third kappa shape index (κ3) is 2.02. The molecule has 1 aromatic carbocycles. The van der Waals surface area contributed by atoms with Gasteiger partial charge in [-0.3, -0.25) is 0 Å². The Labute approximate surface area is 84.3 Å². The fourth-order valence-corrected chi connectivity index (χ4v) is 2.05. The van der Waals surface area contributed by atoms with E-state index in [1.807, 2.05) is 18.2 Å². The minimum atomic E-state index is 0.204. The highest BCUT2D eigenvalue weighted by Gasteiger charge is 2.26. The number of hydrogen-bond acceptors (Lipinski definition) is 2. The van der Waals surface area contributed by atoms with Gasteiger partial charge in [-0.15, -0.1) is 0 Å². The molecule has 0 aliphatic carbocycles.